The van der Waals surface area contributed by atoms with Crippen molar-refractivity contribution < 1.29 is 14.6 Å². The number of imidazole rings is 1. The molecule has 1 aliphatic heterocycles. The van der Waals surface area contributed by atoms with Crippen molar-refractivity contribution in [2.75, 3.05) is 6.61 Å². The second-order valence-corrected chi connectivity index (χ2v) is 5.64. The number of ether oxygens (including phenoxy) is 1. The Morgan fingerprint density at radius 3 is 2.86 bits per heavy atom. The van der Waals surface area contributed by atoms with Gasteiger partial charge in [-0.25, -0.2) is 4.98 Å². The quantitative estimate of drug-likeness (QED) is 0.922. The summed E-state index contributed by atoms with van der Waals surface area (Å²) >= 11 is 0. The molecule has 0 radical (unpaired) electrons. The van der Waals surface area contributed by atoms with Crippen molar-refractivity contribution in [3.63, 3.8) is 0 Å². The van der Waals surface area contributed by atoms with Gasteiger partial charge in [0.1, 0.15) is 11.6 Å². The zero-order valence-electron chi connectivity index (χ0n) is 12.7. The zero-order chi connectivity index (χ0) is 15.5. The van der Waals surface area contributed by atoms with Crippen LogP contribution in [0.2, 0.25) is 0 Å². The zero-order valence-corrected chi connectivity index (χ0v) is 12.7. The van der Waals surface area contributed by atoms with E-state index in [2.05, 4.69) is 11.9 Å². The molecule has 0 amide bonds. The fraction of sp³-hybridized carbons (Fsp3) is 0.412. The van der Waals surface area contributed by atoms with Gasteiger partial charge in [0.25, 0.3) is 0 Å². The number of aliphatic carboxylic acids is 1. The van der Waals surface area contributed by atoms with Crippen LogP contribution in [-0.4, -0.2) is 27.2 Å². The highest BCUT2D eigenvalue weighted by atomic mass is 16.5. The summed E-state index contributed by atoms with van der Waals surface area (Å²) in [4.78, 5) is 15.8. The summed E-state index contributed by atoms with van der Waals surface area (Å²) < 4.78 is 7.55. The van der Waals surface area contributed by atoms with E-state index in [1.807, 2.05) is 35.0 Å². The van der Waals surface area contributed by atoms with Crippen LogP contribution >= 0.6 is 0 Å². The van der Waals surface area contributed by atoms with Crippen LogP contribution < -0.4 is 4.74 Å². The standard InChI is InChI=1S/C17H20N2O3/c1-2-9-22-14-6-3-12(4-7-14)15-11-19-10-13(17(20)21)5-8-16(19)18-15/h3-4,6-7,11,13H,2,5,8-10H2,1H3,(H,20,21). The molecule has 22 heavy (non-hydrogen) atoms. The lowest BCUT2D eigenvalue weighted by molar-refractivity contribution is -0.142. The molecule has 2 aromatic rings. The highest BCUT2D eigenvalue weighted by Crippen LogP contribution is 2.26. The number of nitrogens with zero attached hydrogens (tertiary/aromatic N) is 2. The third kappa shape index (κ3) is 2.98. The number of rotatable bonds is 5. The number of hydrogen-bond donors (Lipinski definition) is 1. The van der Waals surface area contributed by atoms with E-state index in [0.717, 1.165) is 29.3 Å². The number of carboxylic acids is 1. The monoisotopic (exact) mass is 300 g/mol. The van der Waals surface area contributed by atoms with Crippen molar-refractivity contribution in [3.8, 4) is 17.0 Å². The first-order chi connectivity index (χ1) is 10.7. The topological polar surface area (TPSA) is 64.4 Å². The average Bonchev–Trinajstić information content (AvgIpc) is 2.96. The van der Waals surface area contributed by atoms with Gasteiger partial charge >= 0.3 is 5.97 Å². The smallest absolute Gasteiger partial charge is 0.308 e. The van der Waals surface area contributed by atoms with Gasteiger partial charge in [-0.1, -0.05) is 6.92 Å². The molecule has 0 aliphatic carbocycles. The third-order valence-corrected chi connectivity index (χ3v) is 3.96. The van der Waals surface area contributed by atoms with Crippen molar-refractivity contribution in [3.05, 3.63) is 36.3 Å². The molecule has 2 heterocycles. The molecule has 3 rings (SSSR count). The van der Waals surface area contributed by atoms with E-state index >= 15 is 0 Å². The van der Waals surface area contributed by atoms with E-state index in [-0.39, 0.29) is 5.92 Å². The van der Waals surface area contributed by atoms with Crippen molar-refractivity contribution >= 4 is 5.97 Å². The van der Waals surface area contributed by atoms with E-state index in [1.165, 1.54) is 0 Å². The summed E-state index contributed by atoms with van der Waals surface area (Å²) in [5.41, 5.74) is 1.92. The van der Waals surface area contributed by atoms with Gasteiger partial charge in [0.05, 0.1) is 18.2 Å². The summed E-state index contributed by atoms with van der Waals surface area (Å²) in [6, 6.07) is 7.88. The summed E-state index contributed by atoms with van der Waals surface area (Å²) in [7, 11) is 0. The van der Waals surface area contributed by atoms with E-state index in [9.17, 15) is 4.79 Å². The first-order valence-electron chi connectivity index (χ1n) is 7.69. The highest BCUT2D eigenvalue weighted by Gasteiger charge is 2.25. The minimum Gasteiger partial charge on any atom is -0.494 e. The SMILES string of the molecule is CCCOc1ccc(-c2cn3c(n2)CCC(C(=O)O)C3)cc1. The molecule has 1 aromatic heterocycles. The first-order valence-corrected chi connectivity index (χ1v) is 7.69. The molecule has 1 aliphatic rings. The Bertz CT molecular complexity index is 661. The Morgan fingerprint density at radius 2 is 2.18 bits per heavy atom. The van der Waals surface area contributed by atoms with Crippen LogP contribution in [0.15, 0.2) is 30.5 Å². The lowest BCUT2D eigenvalue weighted by atomic mass is 10.00. The van der Waals surface area contributed by atoms with Gasteiger partial charge in [0.2, 0.25) is 0 Å². The van der Waals surface area contributed by atoms with Crippen LogP contribution in [0.3, 0.4) is 0 Å². The molecule has 1 aromatic carbocycles. The van der Waals surface area contributed by atoms with E-state index in [1.54, 1.807) is 0 Å². The van der Waals surface area contributed by atoms with Crippen LogP contribution in [0.1, 0.15) is 25.6 Å². The number of carbonyl (C=O) groups is 1. The van der Waals surface area contributed by atoms with E-state index in [0.29, 0.717) is 26.0 Å². The first kappa shape index (κ1) is 14.6. The summed E-state index contributed by atoms with van der Waals surface area (Å²) in [6.07, 6.45) is 4.32. The van der Waals surface area contributed by atoms with Crippen LogP contribution in [-0.2, 0) is 17.8 Å². The van der Waals surface area contributed by atoms with Gasteiger partial charge in [-0.05, 0) is 37.1 Å². The maximum atomic E-state index is 11.1. The summed E-state index contributed by atoms with van der Waals surface area (Å²) in [6.45, 7) is 3.30. The molecule has 116 valence electrons. The lowest BCUT2D eigenvalue weighted by Crippen LogP contribution is -2.26. The van der Waals surface area contributed by atoms with Crippen LogP contribution in [0.25, 0.3) is 11.3 Å². The van der Waals surface area contributed by atoms with E-state index in [4.69, 9.17) is 9.84 Å². The molecule has 0 bridgehead atoms. The number of hydrogen-bond acceptors (Lipinski definition) is 3. The molecule has 1 N–H and O–H groups in total. The molecule has 0 saturated heterocycles. The molecular weight excluding hydrogens is 280 g/mol. The Labute approximate surface area is 129 Å². The summed E-state index contributed by atoms with van der Waals surface area (Å²) in [5, 5.41) is 9.14. The number of carboxylic acid groups (broad SMARTS) is 1. The minimum absolute atomic E-state index is 0.306. The molecule has 0 saturated carbocycles. The average molecular weight is 300 g/mol. The number of aromatic nitrogens is 2. The predicted octanol–water partition coefficient (Wildman–Crippen LogP) is 2.99. The van der Waals surface area contributed by atoms with E-state index < -0.39 is 5.97 Å². The molecule has 1 atom stereocenters. The minimum atomic E-state index is -0.724. The van der Waals surface area contributed by atoms with Gasteiger partial charge in [0.15, 0.2) is 0 Å². The van der Waals surface area contributed by atoms with Gasteiger partial charge in [-0.2, -0.15) is 0 Å². The Kier molecular flexibility index (Phi) is 4.13. The Morgan fingerprint density at radius 1 is 1.41 bits per heavy atom. The maximum absolute atomic E-state index is 11.1. The second-order valence-electron chi connectivity index (χ2n) is 5.64. The third-order valence-electron chi connectivity index (χ3n) is 3.96. The lowest BCUT2D eigenvalue weighted by Gasteiger charge is -2.19. The second kappa shape index (κ2) is 6.22. The number of aryl methyl sites for hydroxylation is 1. The fourth-order valence-electron chi connectivity index (χ4n) is 2.73. The summed E-state index contributed by atoms with van der Waals surface area (Å²) in [5.74, 6) is 0.803. The molecule has 1 unspecified atom stereocenters. The van der Waals surface area contributed by atoms with Gasteiger partial charge in [0, 0.05) is 24.7 Å². The molecule has 5 nitrogen and oxygen atoms in total. The maximum Gasteiger partial charge on any atom is 0.308 e. The molecular formula is C17H20N2O3. The molecule has 0 fully saturated rings. The molecule has 5 heteroatoms. The van der Waals surface area contributed by atoms with Crippen molar-refractivity contribution in [2.45, 2.75) is 32.7 Å². The Hall–Kier alpha value is -2.30. The Balaban J connectivity index is 1.77. The van der Waals surface area contributed by atoms with Crippen molar-refractivity contribution in [1.29, 1.82) is 0 Å². The largest absolute Gasteiger partial charge is 0.494 e. The van der Waals surface area contributed by atoms with Crippen LogP contribution in [0.5, 0.6) is 5.75 Å². The van der Waals surface area contributed by atoms with Gasteiger partial charge in [-0.15, -0.1) is 0 Å². The fourth-order valence-corrected chi connectivity index (χ4v) is 2.73. The van der Waals surface area contributed by atoms with Crippen LogP contribution in [0, 0.1) is 5.92 Å². The number of benzene rings is 1. The van der Waals surface area contributed by atoms with Crippen molar-refractivity contribution in [1.82, 2.24) is 9.55 Å². The van der Waals surface area contributed by atoms with Gasteiger partial charge in [-0.3, -0.25) is 4.79 Å². The molecule has 0 spiro atoms. The van der Waals surface area contributed by atoms with Crippen LogP contribution in [0.4, 0.5) is 0 Å². The van der Waals surface area contributed by atoms with Crippen molar-refractivity contribution in [2.24, 2.45) is 5.92 Å². The van der Waals surface area contributed by atoms with Gasteiger partial charge < -0.3 is 14.4 Å². The number of fused-ring (bicyclic) bond motifs is 1. The normalized spacial score (nSPS) is 17.0. The predicted molar refractivity (Wildman–Crippen MR) is 82.9 cm³/mol. The highest BCUT2D eigenvalue weighted by molar-refractivity contribution is 5.70.